The first-order valence-corrected chi connectivity index (χ1v) is 11.0. The van der Waals surface area contributed by atoms with Gasteiger partial charge in [0.1, 0.15) is 23.8 Å². The molecule has 0 atom stereocenters. The smallest absolute Gasteiger partial charge is 0.356 e. The number of fused-ring (bicyclic) bond motifs is 1. The Labute approximate surface area is 184 Å². The van der Waals surface area contributed by atoms with Crippen molar-refractivity contribution in [2.75, 3.05) is 29.9 Å². The molecule has 32 heavy (non-hydrogen) atoms. The Balaban J connectivity index is 1.49. The molecule has 4 heterocycles. The third-order valence-electron chi connectivity index (χ3n) is 5.95. The number of anilines is 2. The highest BCUT2D eigenvalue weighted by molar-refractivity contribution is 5.93. The van der Waals surface area contributed by atoms with Gasteiger partial charge >= 0.3 is 6.18 Å². The fourth-order valence-electron chi connectivity index (χ4n) is 4.34. The summed E-state index contributed by atoms with van der Waals surface area (Å²) in [7, 11) is 0. The lowest BCUT2D eigenvalue weighted by Crippen LogP contribution is -2.36. The van der Waals surface area contributed by atoms with Gasteiger partial charge in [-0.25, -0.2) is 15.0 Å². The number of carbonyl (C=O) groups is 1. The van der Waals surface area contributed by atoms with Gasteiger partial charge in [0, 0.05) is 56.3 Å². The Morgan fingerprint density at radius 1 is 1.22 bits per heavy atom. The van der Waals surface area contributed by atoms with E-state index in [4.69, 9.17) is 0 Å². The normalized spacial score (nSPS) is 17.6. The van der Waals surface area contributed by atoms with E-state index in [1.165, 1.54) is 6.33 Å². The second kappa shape index (κ2) is 9.05. The average Bonchev–Trinajstić information content (AvgIpc) is 3.18. The first-order chi connectivity index (χ1) is 15.2. The Bertz CT molecular complexity index is 965. The maximum Gasteiger partial charge on any atom is 0.434 e. The molecule has 0 aromatic carbocycles. The quantitative estimate of drug-likeness (QED) is 0.702. The van der Waals surface area contributed by atoms with E-state index >= 15 is 0 Å². The highest BCUT2D eigenvalue weighted by atomic mass is 19.4. The van der Waals surface area contributed by atoms with Gasteiger partial charge in [-0.05, 0) is 19.3 Å². The van der Waals surface area contributed by atoms with E-state index in [1.807, 2.05) is 13.8 Å². The summed E-state index contributed by atoms with van der Waals surface area (Å²) < 4.78 is 41.6. The largest absolute Gasteiger partial charge is 0.434 e. The van der Waals surface area contributed by atoms with Gasteiger partial charge < -0.3 is 20.1 Å². The summed E-state index contributed by atoms with van der Waals surface area (Å²) in [5.74, 6) is 1.74. The molecular weight excluding hydrogens is 423 g/mol. The highest BCUT2D eigenvalue weighted by Crippen LogP contribution is 2.35. The molecule has 8 nitrogen and oxygen atoms in total. The molecule has 0 saturated carbocycles. The minimum absolute atomic E-state index is 0.0554. The van der Waals surface area contributed by atoms with Crippen molar-refractivity contribution in [2.45, 2.75) is 64.2 Å². The van der Waals surface area contributed by atoms with Crippen LogP contribution in [0.4, 0.5) is 24.8 Å². The molecule has 2 aliphatic heterocycles. The number of carbonyl (C=O) groups excluding carboxylic acids is 1. The van der Waals surface area contributed by atoms with Crippen LogP contribution in [0.5, 0.6) is 0 Å². The molecule has 0 radical (unpaired) electrons. The van der Waals surface area contributed by atoms with Crippen LogP contribution < -0.4 is 15.5 Å². The Kier molecular flexibility index (Phi) is 6.36. The molecule has 174 valence electrons. The number of imidazole rings is 1. The average molecular weight is 451 g/mol. The molecule has 1 fully saturated rings. The second-order valence-corrected chi connectivity index (χ2v) is 8.62. The van der Waals surface area contributed by atoms with E-state index in [2.05, 4.69) is 30.5 Å². The zero-order chi connectivity index (χ0) is 22.9. The van der Waals surface area contributed by atoms with Crippen LogP contribution in [0.2, 0.25) is 0 Å². The highest BCUT2D eigenvalue weighted by Gasteiger charge is 2.36. The summed E-state index contributed by atoms with van der Waals surface area (Å²) in [4.78, 5) is 26.4. The summed E-state index contributed by atoms with van der Waals surface area (Å²) >= 11 is 0. The number of amides is 1. The summed E-state index contributed by atoms with van der Waals surface area (Å²) in [6.07, 6.45) is 0.444. The predicted molar refractivity (Wildman–Crippen MR) is 114 cm³/mol. The topological polar surface area (TPSA) is 88.0 Å². The van der Waals surface area contributed by atoms with Crippen LogP contribution in [0.25, 0.3) is 0 Å². The Morgan fingerprint density at radius 3 is 2.66 bits per heavy atom. The van der Waals surface area contributed by atoms with Crippen molar-refractivity contribution < 1.29 is 18.0 Å². The number of nitrogens with zero attached hydrogens (tertiary/aromatic N) is 5. The van der Waals surface area contributed by atoms with Gasteiger partial charge in [0.2, 0.25) is 5.91 Å². The van der Waals surface area contributed by atoms with Gasteiger partial charge in [-0.15, -0.1) is 0 Å². The number of rotatable bonds is 6. The molecule has 0 bridgehead atoms. The fourth-order valence-corrected chi connectivity index (χ4v) is 4.34. The minimum Gasteiger partial charge on any atom is -0.356 e. The molecule has 0 unspecified atom stereocenters. The van der Waals surface area contributed by atoms with Crippen LogP contribution in [0, 0.1) is 0 Å². The summed E-state index contributed by atoms with van der Waals surface area (Å²) in [6.45, 7) is 6.33. The van der Waals surface area contributed by atoms with Gasteiger partial charge in [-0.2, -0.15) is 13.2 Å². The molecular formula is C21H28F3N7O. The Hall–Kier alpha value is -2.69. The molecule has 2 aliphatic rings. The predicted octanol–water partition coefficient (Wildman–Crippen LogP) is 2.96. The van der Waals surface area contributed by atoms with E-state index in [1.54, 1.807) is 4.57 Å². The van der Waals surface area contributed by atoms with Gasteiger partial charge in [0.25, 0.3) is 0 Å². The second-order valence-electron chi connectivity index (χ2n) is 8.62. The van der Waals surface area contributed by atoms with E-state index in [0.29, 0.717) is 63.5 Å². The van der Waals surface area contributed by atoms with Crippen molar-refractivity contribution in [2.24, 2.45) is 0 Å². The van der Waals surface area contributed by atoms with Gasteiger partial charge in [0.05, 0.1) is 0 Å². The third-order valence-corrected chi connectivity index (χ3v) is 5.95. The molecule has 11 heteroatoms. The molecule has 1 saturated heterocycles. The molecule has 4 rings (SSSR count). The number of hydrogen-bond donors (Lipinski definition) is 2. The number of hydrogen-bond acceptors (Lipinski definition) is 6. The minimum atomic E-state index is -4.46. The monoisotopic (exact) mass is 451 g/mol. The summed E-state index contributed by atoms with van der Waals surface area (Å²) in [6, 6.07) is 0.260. The fraction of sp³-hybridized carbons (Fsp3) is 0.619. The SMILES string of the molecule is CC(C)NCCn1cc(C(F)(F)F)nc1C1CCN(c2ncnc3c2CCC(=O)N3)CC1. The van der Waals surface area contributed by atoms with Crippen LogP contribution in [-0.4, -0.2) is 51.1 Å². The van der Waals surface area contributed by atoms with Gasteiger partial charge in [-0.3, -0.25) is 4.79 Å². The van der Waals surface area contributed by atoms with Crippen molar-refractivity contribution in [1.29, 1.82) is 0 Å². The van der Waals surface area contributed by atoms with Crippen LogP contribution in [0.3, 0.4) is 0 Å². The molecule has 2 N–H and O–H groups in total. The van der Waals surface area contributed by atoms with E-state index < -0.39 is 11.9 Å². The van der Waals surface area contributed by atoms with Crippen LogP contribution in [0.15, 0.2) is 12.5 Å². The maximum absolute atomic E-state index is 13.3. The van der Waals surface area contributed by atoms with Crippen molar-refractivity contribution in [3.05, 3.63) is 29.6 Å². The number of aromatic nitrogens is 4. The maximum atomic E-state index is 13.3. The van der Waals surface area contributed by atoms with E-state index in [0.717, 1.165) is 17.6 Å². The standard InChI is InChI=1S/C21H28F3N7O/c1-13(2)25-7-10-31-11-16(21(22,23)24)28-19(31)14-5-8-30(9-6-14)20-15-3-4-17(32)29-18(15)26-12-27-20/h11-14,25H,3-10H2,1-2H3,(H,26,27,29,32). The zero-order valence-corrected chi connectivity index (χ0v) is 18.2. The van der Waals surface area contributed by atoms with Gasteiger partial charge in [-0.1, -0.05) is 13.8 Å². The van der Waals surface area contributed by atoms with Crippen molar-refractivity contribution in [3.8, 4) is 0 Å². The lowest BCUT2D eigenvalue weighted by atomic mass is 9.95. The van der Waals surface area contributed by atoms with Crippen molar-refractivity contribution in [1.82, 2.24) is 24.8 Å². The van der Waals surface area contributed by atoms with Gasteiger partial charge in [0.15, 0.2) is 5.69 Å². The third kappa shape index (κ3) is 4.87. The first kappa shape index (κ1) is 22.5. The lowest BCUT2D eigenvalue weighted by Gasteiger charge is -2.34. The van der Waals surface area contributed by atoms with Crippen LogP contribution in [0.1, 0.15) is 56.1 Å². The lowest BCUT2D eigenvalue weighted by molar-refractivity contribution is -0.141. The van der Waals surface area contributed by atoms with E-state index in [-0.39, 0.29) is 17.9 Å². The molecule has 2 aromatic heterocycles. The van der Waals surface area contributed by atoms with Crippen molar-refractivity contribution in [3.63, 3.8) is 0 Å². The molecule has 0 aliphatic carbocycles. The molecule has 1 amide bonds. The summed E-state index contributed by atoms with van der Waals surface area (Å²) in [5.41, 5.74) is 0.0891. The first-order valence-electron chi connectivity index (χ1n) is 11.0. The molecule has 2 aromatic rings. The number of nitrogens with one attached hydrogen (secondary N) is 2. The molecule has 0 spiro atoms. The van der Waals surface area contributed by atoms with Crippen molar-refractivity contribution >= 4 is 17.5 Å². The zero-order valence-electron chi connectivity index (χ0n) is 18.2. The van der Waals surface area contributed by atoms with Crippen LogP contribution >= 0.6 is 0 Å². The number of alkyl halides is 3. The number of piperidine rings is 1. The number of halogens is 3. The van der Waals surface area contributed by atoms with E-state index in [9.17, 15) is 18.0 Å². The van der Waals surface area contributed by atoms with Crippen LogP contribution in [-0.2, 0) is 23.9 Å². The summed E-state index contributed by atoms with van der Waals surface area (Å²) in [5, 5.41) is 6.03. The Morgan fingerprint density at radius 2 is 1.97 bits per heavy atom.